The lowest BCUT2D eigenvalue weighted by atomic mass is 9.96. The highest BCUT2D eigenvalue weighted by Gasteiger charge is 2.53. The van der Waals surface area contributed by atoms with Crippen LogP contribution in [0.4, 0.5) is 0 Å². The van der Waals surface area contributed by atoms with Gasteiger partial charge in [0.05, 0.1) is 19.8 Å². The molecule has 0 bridgehead atoms. The van der Waals surface area contributed by atoms with Crippen LogP contribution in [0.5, 0.6) is 0 Å². The third kappa shape index (κ3) is 6.25. The molecule has 0 aromatic rings. The van der Waals surface area contributed by atoms with Crippen LogP contribution in [0, 0.1) is 10.8 Å². The van der Waals surface area contributed by atoms with E-state index in [0.29, 0.717) is 0 Å². The Balaban J connectivity index is 0.00000222. The standard InChI is InChI=1S/C18H32O16.N2/c19-1-4-7(22)8(23)12(27)17(31-4)34-15-6(3-21)32-18(13(28)10(15)25)33-14-5(2-20)30-16(29)11(26)9(14)24;1-2/h4-29H,1-3H2;/t4-,5-,6-,7-,8+,9-,10-,11-,12-,13-,14-,15-,16+,17?,18?;/m1./s1. The Morgan fingerprint density at radius 1 is 0.472 bits per heavy atom. The normalized spacial score (nSPS) is 49.6. The van der Waals surface area contributed by atoms with Crippen molar-refractivity contribution in [1.82, 2.24) is 0 Å². The summed E-state index contributed by atoms with van der Waals surface area (Å²) in [6.07, 6.45) is -25.1. The number of aliphatic hydroxyl groups is 11. The van der Waals surface area contributed by atoms with Crippen molar-refractivity contribution in [3.63, 3.8) is 0 Å². The van der Waals surface area contributed by atoms with Crippen molar-refractivity contribution in [2.75, 3.05) is 19.8 Å². The van der Waals surface area contributed by atoms with E-state index >= 15 is 0 Å². The van der Waals surface area contributed by atoms with Crippen molar-refractivity contribution >= 4 is 0 Å². The lowest BCUT2D eigenvalue weighted by Gasteiger charge is -2.47. The molecule has 15 atom stereocenters. The molecular formula is C18H32N2O16. The maximum Gasteiger partial charge on any atom is 0.187 e. The fourth-order valence-electron chi connectivity index (χ4n) is 4.06. The number of ether oxygens (including phenoxy) is 5. The molecule has 11 N–H and O–H groups in total. The summed E-state index contributed by atoms with van der Waals surface area (Å²) in [5.41, 5.74) is 0. The average Bonchev–Trinajstić information content (AvgIpc) is 2.89. The zero-order chi connectivity index (χ0) is 27.3. The lowest BCUT2D eigenvalue weighted by Crippen LogP contribution is -2.66. The summed E-state index contributed by atoms with van der Waals surface area (Å²) in [7, 11) is 0. The molecule has 0 amide bonds. The van der Waals surface area contributed by atoms with E-state index in [4.69, 9.17) is 34.5 Å². The fourth-order valence-corrected chi connectivity index (χ4v) is 4.06. The van der Waals surface area contributed by atoms with Crippen LogP contribution >= 0.6 is 0 Å². The van der Waals surface area contributed by atoms with E-state index in [0.717, 1.165) is 0 Å². The largest absolute Gasteiger partial charge is 0.394 e. The van der Waals surface area contributed by atoms with Crippen LogP contribution in [0.3, 0.4) is 0 Å². The van der Waals surface area contributed by atoms with Gasteiger partial charge in [-0.05, 0) is 0 Å². The smallest absolute Gasteiger partial charge is 0.187 e. The van der Waals surface area contributed by atoms with Gasteiger partial charge in [-0.1, -0.05) is 0 Å². The Morgan fingerprint density at radius 3 is 1.33 bits per heavy atom. The summed E-state index contributed by atoms with van der Waals surface area (Å²) in [6, 6.07) is 0. The molecule has 3 heterocycles. The molecule has 36 heavy (non-hydrogen) atoms. The highest BCUT2D eigenvalue weighted by molar-refractivity contribution is 4.96. The highest BCUT2D eigenvalue weighted by atomic mass is 16.8. The molecule has 0 radical (unpaired) electrons. The van der Waals surface area contributed by atoms with Crippen LogP contribution in [-0.4, -0.2) is 168 Å². The third-order valence-corrected chi connectivity index (χ3v) is 6.09. The molecule has 3 aliphatic heterocycles. The maximum atomic E-state index is 10.6. The Labute approximate surface area is 203 Å². The van der Waals surface area contributed by atoms with Crippen LogP contribution in [0.15, 0.2) is 0 Å². The summed E-state index contributed by atoms with van der Waals surface area (Å²) in [5, 5.41) is 121. The van der Waals surface area contributed by atoms with Gasteiger partial charge in [-0.2, -0.15) is 0 Å². The van der Waals surface area contributed by atoms with E-state index in [9.17, 15) is 56.2 Å². The van der Waals surface area contributed by atoms with Crippen LogP contribution in [-0.2, 0) is 23.7 Å². The molecule has 2 unspecified atom stereocenters. The predicted molar refractivity (Wildman–Crippen MR) is 105 cm³/mol. The van der Waals surface area contributed by atoms with E-state index in [2.05, 4.69) is 0 Å². The number of rotatable bonds is 7. The second kappa shape index (κ2) is 13.5. The average molecular weight is 532 g/mol. The molecule has 0 aromatic heterocycles. The molecular weight excluding hydrogens is 500 g/mol. The SMILES string of the molecule is N#N.OC[C@H]1OC(O[C@H]2[C@H](O)[C@@H](O)C(O[C@H]3[C@H](O)[C@@H](O)[C@@H](O)O[C@@H]3CO)O[C@@H]2CO)[C@H](O)[C@@H](O)[C@@H]1O. The molecule has 18 nitrogen and oxygen atoms in total. The van der Waals surface area contributed by atoms with Gasteiger partial charge in [0.15, 0.2) is 18.9 Å². The van der Waals surface area contributed by atoms with Crippen molar-refractivity contribution in [3.8, 4) is 0 Å². The molecule has 0 aliphatic carbocycles. The van der Waals surface area contributed by atoms with Gasteiger partial charge in [-0.3, -0.25) is 0 Å². The van der Waals surface area contributed by atoms with Crippen molar-refractivity contribution in [2.24, 2.45) is 0 Å². The first-order chi connectivity index (χ1) is 17.0. The topological polar surface area (TPSA) is 316 Å². The Kier molecular flexibility index (Phi) is 11.7. The molecule has 0 spiro atoms. The van der Waals surface area contributed by atoms with Crippen molar-refractivity contribution in [3.05, 3.63) is 0 Å². The van der Waals surface area contributed by atoms with Gasteiger partial charge in [0.2, 0.25) is 0 Å². The van der Waals surface area contributed by atoms with Crippen molar-refractivity contribution in [2.45, 2.75) is 92.1 Å². The summed E-state index contributed by atoms with van der Waals surface area (Å²) >= 11 is 0. The minimum absolute atomic E-state index is 0.741. The first-order valence-corrected chi connectivity index (χ1v) is 10.8. The Hall–Kier alpha value is -1.22. The minimum atomic E-state index is -1.91. The number of nitrogens with zero attached hydrogens (tertiary/aromatic N) is 2. The Morgan fingerprint density at radius 2 is 0.861 bits per heavy atom. The lowest BCUT2D eigenvalue weighted by molar-refractivity contribution is -0.377. The first-order valence-electron chi connectivity index (χ1n) is 10.8. The van der Waals surface area contributed by atoms with E-state index in [1.54, 1.807) is 0 Å². The molecule has 3 fully saturated rings. The molecule has 3 saturated heterocycles. The molecule has 3 aliphatic rings. The second-order valence-corrected chi connectivity index (χ2v) is 8.33. The predicted octanol–water partition coefficient (Wildman–Crippen LogP) is -7.54. The Bertz CT molecular complexity index is 685. The second-order valence-electron chi connectivity index (χ2n) is 8.33. The quantitative estimate of drug-likeness (QED) is 0.136. The van der Waals surface area contributed by atoms with Crippen LogP contribution in [0.25, 0.3) is 0 Å². The highest BCUT2D eigenvalue weighted by Crippen LogP contribution is 2.32. The van der Waals surface area contributed by atoms with Gasteiger partial charge in [-0.25, -0.2) is 0 Å². The molecule has 210 valence electrons. The van der Waals surface area contributed by atoms with Gasteiger partial charge in [0.25, 0.3) is 0 Å². The number of aliphatic hydroxyl groups excluding tert-OH is 11. The van der Waals surface area contributed by atoms with Crippen molar-refractivity contribution in [1.29, 1.82) is 10.8 Å². The van der Waals surface area contributed by atoms with Gasteiger partial charge in [0.1, 0.15) is 73.2 Å². The van der Waals surface area contributed by atoms with Gasteiger partial charge in [0, 0.05) is 10.8 Å². The van der Waals surface area contributed by atoms with Gasteiger partial charge >= 0.3 is 0 Å². The summed E-state index contributed by atoms with van der Waals surface area (Å²) in [5.74, 6) is 0. The molecule has 0 aromatic carbocycles. The fraction of sp³-hybridized carbons (Fsp3) is 1.00. The zero-order valence-electron chi connectivity index (χ0n) is 18.6. The number of hydrogen-bond acceptors (Lipinski definition) is 18. The summed E-state index contributed by atoms with van der Waals surface area (Å²) in [6.45, 7) is -2.32. The third-order valence-electron chi connectivity index (χ3n) is 6.09. The molecule has 3 rings (SSSR count). The maximum absolute atomic E-state index is 10.6. The monoisotopic (exact) mass is 532 g/mol. The van der Waals surface area contributed by atoms with Crippen LogP contribution in [0.2, 0.25) is 0 Å². The number of hydrogen-bond donors (Lipinski definition) is 11. The molecule has 18 heteroatoms. The van der Waals surface area contributed by atoms with E-state index in [1.807, 2.05) is 0 Å². The summed E-state index contributed by atoms with van der Waals surface area (Å²) < 4.78 is 26.4. The molecule has 0 saturated carbocycles. The van der Waals surface area contributed by atoms with E-state index in [1.165, 1.54) is 0 Å². The van der Waals surface area contributed by atoms with Crippen molar-refractivity contribution < 1.29 is 79.9 Å². The minimum Gasteiger partial charge on any atom is -0.394 e. The first kappa shape index (κ1) is 31.0. The van der Waals surface area contributed by atoms with E-state index < -0.39 is 112 Å². The van der Waals surface area contributed by atoms with Crippen LogP contribution < -0.4 is 0 Å². The van der Waals surface area contributed by atoms with Gasteiger partial charge < -0.3 is 79.9 Å². The zero-order valence-corrected chi connectivity index (χ0v) is 18.6. The van der Waals surface area contributed by atoms with Gasteiger partial charge in [-0.15, -0.1) is 0 Å². The van der Waals surface area contributed by atoms with Crippen LogP contribution in [0.1, 0.15) is 0 Å². The summed E-state index contributed by atoms with van der Waals surface area (Å²) in [4.78, 5) is 0. The van der Waals surface area contributed by atoms with E-state index in [-0.39, 0.29) is 0 Å².